The second kappa shape index (κ2) is 7.19. The molecule has 0 fully saturated rings. The second-order valence-electron chi connectivity index (χ2n) is 3.63. The number of benzene rings is 1. The number of thioether (sulfide) groups is 1. The molecule has 0 spiro atoms. The molecule has 1 rings (SSSR count). The van der Waals surface area contributed by atoms with Gasteiger partial charge in [0.2, 0.25) is 5.91 Å². The van der Waals surface area contributed by atoms with Crippen molar-refractivity contribution in [3.8, 4) is 5.75 Å². The van der Waals surface area contributed by atoms with Crippen molar-refractivity contribution in [2.75, 3.05) is 24.7 Å². The Balaban J connectivity index is 2.39. The SMILES string of the molecule is COc1ccc(NC(=O)CSC(C)CN)cc1. The summed E-state index contributed by atoms with van der Waals surface area (Å²) < 4.78 is 5.04. The summed E-state index contributed by atoms with van der Waals surface area (Å²) in [5.41, 5.74) is 6.25. The van der Waals surface area contributed by atoms with Crippen molar-refractivity contribution in [2.24, 2.45) is 5.73 Å². The molecule has 1 amide bonds. The van der Waals surface area contributed by atoms with Crippen LogP contribution in [0.1, 0.15) is 6.92 Å². The zero-order valence-corrected chi connectivity index (χ0v) is 10.9. The minimum Gasteiger partial charge on any atom is -0.497 e. The number of amides is 1. The van der Waals surface area contributed by atoms with E-state index in [2.05, 4.69) is 5.32 Å². The van der Waals surface area contributed by atoms with Crippen LogP contribution >= 0.6 is 11.8 Å². The van der Waals surface area contributed by atoms with Crippen molar-refractivity contribution in [3.05, 3.63) is 24.3 Å². The molecule has 0 aromatic heterocycles. The van der Waals surface area contributed by atoms with E-state index in [0.29, 0.717) is 17.5 Å². The van der Waals surface area contributed by atoms with Gasteiger partial charge in [-0.2, -0.15) is 0 Å². The first-order valence-corrected chi connectivity index (χ1v) is 6.46. The van der Waals surface area contributed by atoms with Crippen LogP contribution in [0, 0.1) is 0 Å². The zero-order chi connectivity index (χ0) is 12.7. The molecule has 3 N–H and O–H groups in total. The third-order valence-corrected chi connectivity index (χ3v) is 3.39. The Morgan fingerprint density at radius 1 is 1.47 bits per heavy atom. The molecule has 0 heterocycles. The van der Waals surface area contributed by atoms with Crippen LogP contribution in [0.2, 0.25) is 0 Å². The van der Waals surface area contributed by atoms with Crippen LogP contribution in [-0.4, -0.2) is 30.6 Å². The Labute approximate surface area is 106 Å². The fraction of sp³-hybridized carbons (Fsp3) is 0.417. The number of hydrogen-bond acceptors (Lipinski definition) is 4. The van der Waals surface area contributed by atoms with Crippen molar-refractivity contribution in [2.45, 2.75) is 12.2 Å². The van der Waals surface area contributed by atoms with Crippen molar-refractivity contribution in [3.63, 3.8) is 0 Å². The lowest BCUT2D eigenvalue weighted by Gasteiger charge is -2.09. The normalized spacial score (nSPS) is 11.9. The summed E-state index contributed by atoms with van der Waals surface area (Å²) in [7, 11) is 1.61. The van der Waals surface area contributed by atoms with Gasteiger partial charge < -0.3 is 15.8 Å². The third-order valence-electron chi connectivity index (χ3n) is 2.20. The standard InChI is InChI=1S/C12H18N2O2S/c1-9(7-13)17-8-12(15)14-10-3-5-11(16-2)6-4-10/h3-6,9H,7-8,13H2,1-2H3,(H,14,15). The van der Waals surface area contributed by atoms with E-state index in [-0.39, 0.29) is 5.91 Å². The lowest BCUT2D eigenvalue weighted by molar-refractivity contribution is -0.113. The maximum absolute atomic E-state index is 11.6. The highest BCUT2D eigenvalue weighted by Gasteiger charge is 2.06. The number of hydrogen-bond donors (Lipinski definition) is 2. The van der Waals surface area contributed by atoms with Crippen molar-refractivity contribution in [1.29, 1.82) is 0 Å². The molecule has 5 heteroatoms. The van der Waals surface area contributed by atoms with E-state index in [1.807, 2.05) is 31.2 Å². The number of rotatable bonds is 6. The number of nitrogens with one attached hydrogen (secondary N) is 1. The van der Waals surface area contributed by atoms with Gasteiger partial charge in [-0.15, -0.1) is 11.8 Å². The first kappa shape index (κ1) is 13.9. The maximum atomic E-state index is 11.6. The van der Waals surface area contributed by atoms with E-state index >= 15 is 0 Å². The number of ether oxygens (including phenoxy) is 1. The average Bonchev–Trinajstić information content (AvgIpc) is 2.36. The van der Waals surface area contributed by atoms with Crippen LogP contribution in [0.15, 0.2) is 24.3 Å². The highest BCUT2D eigenvalue weighted by molar-refractivity contribution is 8.00. The van der Waals surface area contributed by atoms with E-state index < -0.39 is 0 Å². The van der Waals surface area contributed by atoms with Gasteiger partial charge in [0.15, 0.2) is 0 Å². The predicted molar refractivity (Wildman–Crippen MR) is 72.6 cm³/mol. The molecule has 1 atom stereocenters. The number of carbonyl (C=O) groups is 1. The summed E-state index contributed by atoms with van der Waals surface area (Å²) in [4.78, 5) is 11.6. The van der Waals surface area contributed by atoms with Crippen LogP contribution < -0.4 is 15.8 Å². The Morgan fingerprint density at radius 2 is 2.12 bits per heavy atom. The van der Waals surface area contributed by atoms with Gasteiger partial charge in [-0.25, -0.2) is 0 Å². The molecule has 1 aromatic carbocycles. The largest absolute Gasteiger partial charge is 0.497 e. The molecule has 94 valence electrons. The molecule has 0 bridgehead atoms. The Hall–Kier alpha value is -1.20. The quantitative estimate of drug-likeness (QED) is 0.811. The number of carbonyl (C=O) groups excluding carboxylic acids is 1. The third kappa shape index (κ3) is 5.10. The molecule has 17 heavy (non-hydrogen) atoms. The smallest absolute Gasteiger partial charge is 0.234 e. The number of methoxy groups -OCH3 is 1. The van der Waals surface area contributed by atoms with E-state index in [1.165, 1.54) is 0 Å². The van der Waals surface area contributed by atoms with Crippen LogP contribution in [0.5, 0.6) is 5.75 Å². The summed E-state index contributed by atoms with van der Waals surface area (Å²) in [6, 6.07) is 7.25. The molecule has 0 saturated carbocycles. The van der Waals surface area contributed by atoms with Gasteiger partial charge in [0, 0.05) is 17.5 Å². The number of anilines is 1. The molecule has 0 aliphatic carbocycles. The van der Waals surface area contributed by atoms with Gasteiger partial charge in [0.25, 0.3) is 0 Å². The van der Waals surface area contributed by atoms with Crippen molar-refractivity contribution < 1.29 is 9.53 Å². The topological polar surface area (TPSA) is 64.3 Å². The van der Waals surface area contributed by atoms with Gasteiger partial charge >= 0.3 is 0 Å². The first-order chi connectivity index (χ1) is 8.15. The highest BCUT2D eigenvalue weighted by atomic mass is 32.2. The molecule has 4 nitrogen and oxygen atoms in total. The van der Waals surface area contributed by atoms with Crippen LogP contribution in [-0.2, 0) is 4.79 Å². The van der Waals surface area contributed by atoms with E-state index in [9.17, 15) is 4.79 Å². The predicted octanol–water partition coefficient (Wildman–Crippen LogP) is 1.71. The molecular weight excluding hydrogens is 236 g/mol. The van der Waals surface area contributed by atoms with E-state index in [4.69, 9.17) is 10.5 Å². The molecule has 0 radical (unpaired) electrons. The van der Waals surface area contributed by atoms with Gasteiger partial charge in [-0.05, 0) is 24.3 Å². The van der Waals surface area contributed by atoms with Gasteiger partial charge in [0.1, 0.15) is 5.75 Å². The molecule has 1 unspecified atom stereocenters. The Kier molecular flexibility index (Phi) is 5.86. The minimum atomic E-state index is -0.0135. The van der Waals surface area contributed by atoms with Crippen molar-refractivity contribution in [1.82, 2.24) is 0 Å². The zero-order valence-electron chi connectivity index (χ0n) is 10.1. The fourth-order valence-electron chi connectivity index (χ4n) is 1.16. The molecule has 0 aliphatic heterocycles. The average molecular weight is 254 g/mol. The summed E-state index contributed by atoms with van der Waals surface area (Å²) in [5.74, 6) is 1.18. The molecular formula is C12H18N2O2S. The summed E-state index contributed by atoms with van der Waals surface area (Å²) >= 11 is 1.55. The lowest BCUT2D eigenvalue weighted by Crippen LogP contribution is -2.19. The summed E-state index contributed by atoms with van der Waals surface area (Å²) in [5, 5.41) is 3.12. The summed E-state index contributed by atoms with van der Waals surface area (Å²) in [6.45, 7) is 2.59. The molecule has 0 saturated heterocycles. The van der Waals surface area contributed by atoms with Crippen LogP contribution in [0.4, 0.5) is 5.69 Å². The summed E-state index contributed by atoms with van der Waals surface area (Å²) in [6.07, 6.45) is 0. The monoisotopic (exact) mass is 254 g/mol. The fourth-order valence-corrected chi connectivity index (χ4v) is 1.80. The number of nitrogens with two attached hydrogens (primary N) is 1. The van der Waals surface area contributed by atoms with Crippen LogP contribution in [0.3, 0.4) is 0 Å². The lowest BCUT2D eigenvalue weighted by atomic mass is 10.3. The molecule has 1 aromatic rings. The Morgan fingerprint density at radius 3 is 2.65 bits per heavy atom. The minimum absolute atomic E-state index is 0.0135. The van der Waals surface area contributed by atoms with E-state index in [0.717, 1.165) is 11.4 Å². The highest BCUT2D eigenvalue weighted by Crippen LogP contribution is 2.16. The second-order valence-corrected chi connectivity index (χ2v) is 5.06. The van der Waals surface area contributed by atoms with E-state index in [1.54, 1.807) is 18.9 Å². The maximum Gasteiger partial charge on any atom is 0.234 e. The first-order valence-electron chi connectivity index (χ1n) is 5.41. The van der Waals surface area contributed by atoms with Gasteiger partial charge in [-0.1, -0.05) is 6.92 Å². The van der Waals surface area contributed by atoms with Gasteiger partial charge in [-0.3, -0.25) is 4.79 Å². The molecule has 0 aliphatic rings. The van der Waals surface area contributed by atoms with Gasteiger partial charge in [0.05, 0.1) is 12.9 Å². The Bertz CT molecular complexity index is 354. The van der Waals surface area contributed by atoms with Crippen LogP contribution in [0.25, 0.3) is 0 Å². The van der Waals surface area contributed by atoms with Crippen molar-refractivity contribution >= 4 is 23.4 Å².